The van der Waals surface area contributed by atoms with Gasteiger partial charge in [0, 0.05) is 17.2 Å². The number of carbonyl (C=O) groups is 2. The van der Waals surface area contributed by atoms with Crippen molar-refractivity contribution in [3.8, 4) is 16.3 Å². The van der Waals surface area contributed by atoms with Crippen molar-refractivity contribution in [3.05, 3.63) is 102 Å². The van der Waals surface area contributed by atoms with Crippen LogP contribution in [0.5, 0.6) is 5.75 Å². The number of hydrogen-bond acceptors (Lipinski definition) is 6. The number of aromatic nitrogens is 2. The standard InChI is InChI=1S/C24H17N3O3S/c28-21(25-24-27-26-22(31-24)18-10-3-1-4-11-18)16-15-17-9-7-8-14-20(17)30-23(29)19-12-5-2-6-13-19/h1-16H,(H,25,27,28)/b16-15+. The average molecular weight is 427 g/mol. The van der Waals surface area contributed by atoms with E-state index >= 15 is 0 Å². The van der Waals surface area contributed by atoms with Crippen LogP contribution in [-0.2, 0) is 4.79 Å². The van der Waals surface area contributed by atoms with Crippen LogP contribution in [0.25, 0.3) is 16.6 Å². The quantitative estimate of drug-likeness (QED) is 0.264. The summed E-state index contributed by atoms with van der Waals surface area (Å²) in [5.41, 5.74) is 1.99. The van der Waals surface area contributed by atoms with Crippen molar-refractivity contribution in [1.82, 2.24) is 10.2 Å². The van der Waals surface area contributed by atoms with Gasteiger partial charge in [0.2, 0.25) is 11.0 Å². The molecule has 1 aromatic heterocycles. The molecular weight excluding hydrogens is 410 g/mol. The Balaban J connectivity index is 1.42. The second-order valence-electron chi connectivity index (χ2n) is 6.39. The van der Waals surface area contributed by atoms with E-state index in [1.54, 1.807) is 54.6 Å². The zero-order valence-corrected chi connectivity index (χ0v) is 17.1. The number of hydrogen-bond donors (Lipinski definition) is 1. The summed E-state index contributed by atoms with van der Waals surface area (Å²) in [6.07, 6.45) is 2.95. The molecular formula is C24H17N3O3S. The third-order valence-electron chi connectivity index (χ3n) is 4.22. The van der Waals surface area contributed by atoms with E-state index in [2.05, 4.69) is 15.5 Å². The van der Waals surface area contributed by atoms with Gasteiger partial charge in [0.25, 0.3) is 0 Å². The summed E-state index contributed by atoms with van der Waals surface area (Å²) in [4.78, 5) is 24.6. The molecule has 3 aromatic carbocycles. The third-order valence-corrected chi connectivity index (χ3v) is 5.11. The molecule has 31 heavy (non-hydrogen) atoms. The maximum Gasteiger partial charge on any atom is 0.343 e. The molecule has 152 valence electrons. The van der Waals surface area contributed by atoms with Gasteiger partial charge in [0.1, 0.15) is 10.8 Å². The largest absolute Gasteiger partial charge is 0.422 e. The highest BCUT2D eigenvalue weighted by Gasteiger charge is 2.11. The highest BCUT2D eigenvalue weighted by atomic mass is 32.1. The fourth-order valence-electron chi connectivity index (χ4n) is 2.73. The SMILES string of the molecule is O=C(/C=C/c1ccccc1OC(=O)c1ccccc1)Nc1nnc(-c2ccccc2)s1. The Kier molecular flexibility index (Phi) is 6.25. The van der Waals surface area contributed by atoms with Crippen LogP contribution in [-0.4, -0.2) is 22.1 Å². The van der Waals surface area contributed by atoms with Crippen molar-refractivity contribution < 1.29 is 14.3 Å². The van der Waals surface area contributed by atoms with Crippen LogP contribution in [0.2, 0.25) is 0 Å². The molecule has 0 aliphatic heterocycles. The van der Waals surface area contributed by atoms with E-state index in [-0.39, 0.29) is 5.91 Å². The summed E-state index contributed by atoms with van der Waals surface area (Å²) in [6.45, 7) is 0. The molecule has 0 aliphatic carbocycles. The molecule has 0 atom stereocenters. The fourth-order valence-corrected chi connectivity index (χ4v) is 3.48. The fraction of sp³-hybridized carbons (Fsp3) is 0. The van der Waals surface area contributed by atoms with Crippen molar-refractivity contribution >= 4 is 34.4 Å². The van der Waals surface area contributed by atoms with E-state index < -0.39 is 5.97 Å². The molecule has 1 amide bonds. The minimum Gasteiger partial charge on any atom is -0.422 e. The number of nitrogens with one attached hydrogen (secondary N) is 1. The Morgan fingerprint density at radius 3 is 2.29 bits per heavy atom. The normalized spacial score (nSPS) is 10.7. The van der Waals surface area contributed by atoms with Gasteiger partial charge in [-0.1, -0.05) is 78.1 Å². The number of benzene rings is 3. The maximum atomic E-state index is 12.3. The van der Waals surface area contributed by atoms with Gasteiger partial charge >= 0.3 is 5.97 Å². The van der Waals surface area contributed by atoms with Crippen LogP contribution in [0, 0.1) is 0 Å². The van der Waals surface area contributed by atoms with Crippen LogP contribution < -0.4 is 10.1 Å². The number of esters is 1. The predicted molar refractivity (Wildman–Crippen MR) is 121 cm³/mol. The van der Waals surface area contributed by atoms with E-state index in [0.717, 1.165) is 10.6 Å². The molecule has 0 spiro atoms. The minimum absolute atomic E-state index is 0.361. The van der Waals surface area contributed by atoms with Crippen LogP contribution in [0.15, 0.2) is 91.0 Å². The Hall–Kier alpha value is -4.10. The zero-order chi connectivity index (χ0) is 21.5. The molecule has 4 aromatic rings. The molecule has 0 bridgehead atoms. The lowest BCUT2D eigenvalue weighted by molar-refractivity contribution is -0.111. The first-order chi connectivity index (χ1) is 15.2. The van der Waals surface area contributed by atoms with Crippen molar-refractivity contribution in [3.63, 3.8) is 0 Å². The highest BCUT2D eigenvalue weighted by Crippen LogP contribution is 2.26. The molecule has 0 radical (unpaired) electrons. The Labute approximate surface area is 182 Å². The first-order valence-electron chi connectivity index (χ1n) is 9.43. The van der Waals surface area contributed by atoms with Crippen LogP contribution in [0.4, 0.5) is 5.13 Å². The van der Waals surface area contributed by atoms with E-state index in [1.807, 2.05) is 36.4 Å². The molecule has 1 heterocycles. The number of nitrogens with zero attached hydrogens (tertiary/aromatic N) is 2. The summed E-state index contributed by atoms with van der Waals surface area (Å²) in [7, 11) is 0. The van der Waals surface area contributed by atoms with Crippen molar-refractivity contribution in [2.24, 2.45) is 0 Å². The molecule has 0 saturated carbocycles. The lowest BCUT2D eigenvalue weighted by atomic mass is 10.2. The van der Waals surface area contributed by atoms with Crippen LogP contribution in [0.1, 0.15) is 15.9 Å². The molecule has 7 heteroatoms. The minimum atomic E-state index is -0.465. The second kappa shape index (κ2) is 9.60. The number of carbonyl (C=O) groups excluding carboxylic acids is 2. The number of anilines is 1. The Bertz CT molecular complexity index is 1220. The number of ether oxygens (including phenoxy) is 1. The molecule has 1 N–H and O–H groups in total. The average Bonchev–Trinajstić information content (AvgIpc) is 3.28. The first-order valence-corrected chi connectivity index (χ1v) is 10.2. The summed E-state index contributed by atoms with van der Waals surface area (Å²) in [5.74, 6) is -0.462. The topological polar surface area (TPSA) is 81.2 Å². The van der Waals surface area contributed by atoms with Crippen molar-refractivity contribution in [1.29, 1.82) is 0 Å². The molecule has 0 fully saturated rings. The van der Waals surface area contributed by atoms with Gasteiger partial charge in [-0.3, -0.25) is 10.1 Å². The summed E-state index contributed by atoms with van der Waals surface area (Å²) >= 11 is 1.29. The van der Waals surface area contributed by atoms with Gasteiger partial charge in [-0.05, 0) is 24.3 Å². The second-order valence-corrected chi connectivity index (χ2v) is 7.37. The molecule has 4 rings (SSSR count). The summed E-state index contributed by atoms with van der Waals surface area (Å²) < 4.78 is 5.49. The Morgan fingerprint density at radius 1 is 0.839 bits per heavy atom. The van der Waals surface area contributed by atoms with Crippen LogP contribution in [0.3, 0.4) is 0 Å². The van der Waals surface area contributed by atoms with E-state index in [4.69, 9.17) is 4.74 Å². The van der Waals surface area contributed by atoms with Gasteiger partial charge in [-0.15, -0.1) is 10.2 Å². The van der Waals surface area contributed by atoms with Gasteiger partial charge in [0.05, 0.1) is 5.56 Å². The zero-order valence-electron chi connectivity index (χ0n) is 16.3. The predicted octanol–water partition coefficient (Wildman–Crippen LogP) is 5.08. The number of para-hydroxylation sites is 1. The molecule has 0 unspecified atom stereocenters. The van der Waals surface area contributed by atoms with E-state index in [1.165, 1.54) is 17.4 Å². The number of rotatable bonds is 6. The van der Waals surface area contributed by atoms with Gasteiger partial charge in [-0.2, -0.15) is 0 Å². The third kappa shape index (κ3) is 5.29. The summed E-state index contributed by atoms with van der Waals surface area (Å²) in [6, 6.07) is 25.3. The van der Waals surface area contributed by atoms with E-state index in [9.17, 15) is 9.59 Å². The van der Waals surface area contributed by atoms with Crippen molar-refractivity contribution in [2.45, 2.75) is 0 Å². The highest BCUT2D eigenvalue weighted by molar-refractivity contribution is 7.18. The molecule has 0 aliphatic rings. The summed E-state index contributed by atoms with van der Waals surface area (Å²) in [5, 5.41) is 11.9. The van der Waals surface area contributed by atoms with Crippen LogP contribution >= 0.6 is 11.3 Å². The first kappa shape index (κ1) is 20.2. The van der Waals surface area contributed by atoms with E-state index in [0.29, 0.717) is 22.0 Å². The monoisotopic (exact) mass is 427 g/mol. The smallest absolute Gasteiger partial charge is 0.343 e. The Morgan fingerprint density at radius 2 is 1.52 bits per heavy atom. The van der Waals surface area contributed by atoms with Crippen molar-refractivity contribution in [2.75, 3.05) is 5.32 Å². The maximum absolute atomic E-state index is 12.3. The number of amides is 1. The molecule has 0 saturated heterocycles. The van der Waals surface area contributed by atoms with Gasteiger partial charge in [0.15, 0.2) is 0 Å². The van der Waals surface area contributed by atoms with Gasteiger partial charge in [-0.25, -0.2) is 4.79 Å². The lowest BCUT2D eigenvalue weighted by Gasteiger charge is -2.07. The van der Waals surface area contributed by atoms with Gasteiger partial charge < -0.3 is 4.74 Å². The lowest BCUT2D eigenvalue weighted by Crippen LogP contribution is -2.09. The molecule has 6 nitrogen and oxygen atoms in total.